The second-order valence-electron chi connectivity index (χ2n) is 3.33. The number of benzene rings is 1. The van der Waals surface area contributed by atoms with Gasteiger partial charge in [-0.05, 0) is 37.2 Å². The highest BCUT2D eigenvalue weighted by atomic mass is 31.1. The Bertz CT molecular complexity index is 319. The second-order valence-corrected chi connectivity index (χ2v) is 4.50. The van der Waals surface area contributed by atoms with Gasteiger partial charge in [0, 0.05) is 0 Å². The molecular weight excluding hydrogens is 208 g/mol. The van der Waals surface area contributed by atoms with Crippen LogP contribution in [0.5, 0.6) is 0 Å². The zero-order valence-electron chi connectivity index (χ0n) is 8.24. The van der Waals surface area contributed by atoms with Crippen LogP contribution in [0.25, 0.3) is 0 Å². The molecule has 1 radical (unpaired) electrons. The maximum absolute atomic E-state index is 12.2. The summed E-state index contributed by atoms with van der Waals surface area (Å²) in [6.07, 6.45) is 0. The molecule has 1 aromatic rings. The van der Waals surface area contributed by atoms with Crippen molar-refractivity contribution in [2.24, 2.45) is 0 Å². The SMILES string of the molecule is Cc1cc(C)c([P]C(F)(F)F)c(C)c1. The van der Waals surface area contributed by atoms with Gasteiger partial charge in [-0.2, -0.15) is 13.2 Å². The minimum atomic E-state index is -4.15. The number of rotatable bonds is 1. The van der Waals surface area contributed by atoms with Crippen molar-refractivity contribution in [1.82, 2.24) is 0 Å². The Hall–Kier alpha value is -0.560. The van der Waals surface area contributed by atoms with Gasteiger partial charge >= 0.3 is 5.92 Å². The summed E-state index contributed by atoms with van der Waals surface area (Å²) in [5, 5.41) is 0.378. The van der Waals surface area contributed by atoms with Crippen LogP contribution in [0.2, 0.25) is 0 Å². The van der Waals surface area contributed by atoms with Gasteiger partial charge in [0.25, 0.3) is 0 Å². The fraction of sp³-hybridized carbons (Fsp3) is 0.400. The summed E-state index contributed by atoms with van der Waals surface area (Å²) in [6.45, 7) is 5.32. The predicted molar refractivity (Wildman–Crippen MR) is 53.3 cm³/mol. The lowest BCUT2D eigenvalue weighted by Crippen LogP contribution is -2.12. The summed E-state index contributed by atoms with van der Waals surface area (Å²) in [5.41, 5.74) is 2.42. The van der Waals surface area contributed by atoms with Crippen LogP contribution in [0.3, 0.4) is 0 Å². The van der Waals surface area contributed by atoms with E-state index >= 15 is 0 Å². The minimum absolute atomic E-state index is 0.378. The lowest BCUT2D eigenvalue weighted by Gasteiger charge is -2.12. The largest absolute Gasteiger partial charge is 0.413 e. The van der Waals surface area contributed by atoms with Crippen molar-refractivity contribution in [3.8, 4) is 0 Å². The van der Waals surface area contributed by atoms with Gasteiger partial charge in [-0.3, -0.25) is 0 Å². The van der Waals surface area contributed by atoms with Crippen molar-refractivity contribution in [3.63, 3.8) is 0 Å². The molecule has 1 aromatic carbocycles. The maximum atomic E-state index is 12.2. The van der Waals surface area contributed by atoms with Gasteiger partial charge in [-0.15, -0.1) is 0 Å². The van der Waals surface area contributed by atoms with Gasteiger partial charge in [0.05, 0.1) is 8.58 Å². The van der Waals surface area contributed by atoms with Crippen molar-refractivity contribution in [3.05, 3.63) is 28.8 Å². The fourth-order valence-electron chi connectivity index (χ4n) is 1.48. The Kier molecular flexibility index (Phi) is 3.20. The van der Waals surface area contributed by atoms with Gasteiger partial charge < -0.3 is 0 Å². The Labute approximate surface area is 83.3 Å². The molecule has 0 atom stereocenters. The van der Waals surface area contributed by atoms with Crippen LogP contribution < -0.4 is 5.30 Å². The van der Waals surface area contributed by atoms with E-state index < -0.39 is 14.5 Å². The first-order valence-electron chi connectivity index (χ1n) is 4.17. The molecule has 77 valence electrons. The Morgan fingerprint density at radius 2 is 1.43 bits per heavy atom. The predicted octanol–water partition coefficient (Wildman–Crippen LogP) is 3.70. The van der Waals surface area contributed by atoms with E-state index in [4.69, 9.17) is 0 Å². The maximum Gasteiger partial charge on any atom is 0.413 e. The number of halogens is 3. The molecule has 0 aliphatic rings. The molecule has 0 aliphatic heterocycles. The van der Waals surface area contributed by atoms with Crippen molar-refractivity contribution in [1.29, 1.82) is 0 Å². The molecule has 0 saturated heterocycles. The summed E-state index contributed by atoms with van der Waals surface area (Å²) >= 11 is 0. The van der Waals surface area contributed by atoms with Crippen molar-refractivity contribution in [2.45, 2.75) is 26.7 Å². The zero-order valence-corrected chi connectivity index (χ0v) is 9.13. The van der Waals surface area contributed by atoms with Gasteiger partial charge in [-0.25, -0.2) is 0 Å². The molecule has 0 aliphatic carbocycles. The smallest absolute Gasteiger partial charge is 0.166 e. The zero-order chi connectivity index (χ0) is 10.9. The highest BCUT2D eigenvalue weighted by molar-refractivity contribution is 7.48. The van der Waals surface area contributed by atoms with Crippen molar-refractivity contribution in [2.75, 3.05) is 0 Å². The second kappa shape index (κ2) is 3.90. The summed E-state index contributed by atoms with van der Waals surface area (Å²) in [7, 11) is -0.565. The summed E-state index contributed by atoms with van der Waals surface area (Å²) < 4.78 is 36.6. The third-order valence-electron chi connectivity index (χ3n) is 1.87. The Balaban J connectivity index is 3.09. The summed E-state index contributed by atoms with van der Waals surface area (Å²) in [4.78, 5) is 0. The van der Waals surface area contributed by atoms with Gasteiger partial charge in [0.1, 0.15) is 0 Å². The molecule has 0 nitrogen and oxygen atoms in total. The van der Waals surface area contributed by atoms with Crippen molar-refractivity contribution >= 4 is 13.9 Å². The molecular formula is C10H11F3P. The van der Waals surface area contributed by atoms with E-state index in [1.54, 1.807) is 26.0 Å². The fourth-order valence-corrected chi connectivity index (χ4v) is 2.21. The minimum Gasteiger partial charge on any atom is -0.166 e. The standard InChI is InChI=1S/C10H11F3P/c1-6-4-7(2)9(8(3)5-6)14-10(11,12)13/h4-5H,1-3H3. The molecule has 0 fully saturated rings. The monoisotopic (exact) mass is 219 g/mol. The quantitative estimate of drug-likeness (QED) is 0.631. The molecule has 4 heteroatoms. The van der Waals surface area contributed by atoms with Crippen LogP contribution in [-0.2, 0) is 0 Å². The van der Waals surface area contributed by atoms with E-state index in [9.17, 15) is 13.2 Å². The molecule has 0 N–H and O–H groups in total. The average molecular weight is 219 g/mol. The van der Waals surface area contributed by atoms with Crippen LogP contribution in [0, 0.1) is 20.8 Å². The highest BCUT2D eigenvalue weighted by Crippen LogP contribution is 2.37. The van der Waals surface area contributed by atoms with Crippen LogP contribution in [0.4, 0.5) is 13.2 Å². The molecule has 0 amide bonds. The summed E-state index contributed by atoms with van der Waals surface area (Å²) in [5.74, 6) is -4.15. The normalized spacial score (nSPS) is 12.7. The third kappa shape index (κ3) is 2.98. The molecule has 0 saturated carbocycles. The Morgan fingerprint density at radius 3 is 1.79 bits per heavy atom. The number of hydrogen-bond donors (Lipinski definition) is 0. The first kappa shape index (κ1) is 11.5. The van der Waals surface area contributed by atoms with E-state index in [-0.39, 0.29) is 0 Å². The molecule has 0 unspecified atom stereocenters. The summed E-state index contributed by atoms with van der Waals surface area (Å²) in [6, 6.07) is 3.56. The number of hydrogen-bond acceptors (Lipinski definition) is 0. The van der Waals surface area contributed by atoms with Crippen molar-refractivity contribution < 1.29 is 13.2 Å². The van der Waals surface area contributed by atoms with Gasteiger partial charge in [0.15, 0.2) is 0 Å². The van der Waals surface area contributed by atoms with Crippen LogP contribution in [-0.4, -0.2) is 5.92 Å². The van der Waals surface area contributed by atoms with E-state index in [1.165, 1.54) is 0 Å². The molecule has 14 heavy (non-hydrogen) atoms. The first-order chi connectivity index (χ1) is 6.29. The number of alkyl halides is 3. The van der Waals surface area contributed by atoms with E-state index in [1.807, 2.05) is 6.92 Å². The Morgan fingerprint density at radius 1 is 1.00 bits per heavy atom. The average Bonchev–Trinajstić information content (AvgIpc) is 1.95. The molecule has 0 heterocycles. The molecule has 0 bridgehead atoms. The highest BCUT2D eigenvalue weighted by Gasteiger charge is 2.30. The topological polar surface area (TPSA) is 0 Å². The van der Waals surface area contributed by atoms with Crippen LogP contribution >= 0.6 is 8.58 Å². The van der Waals surface area contributed by atoms with Crippen LogP contribution in [0.15, 0.2) is 12.1 Å². The molecule has 1 rings (SSSR count). The van der Waals surface area contributed by atoms with E-state index in [0.717, 1.165) is 5.56 Å². The lowest BCUT2D eigenvalue weighted by atomic mass is 10.1. The van der Waals surface area contributed by atoms with Gasteiger partial charge in [0.2, 0.25) is 0 Å². The molecule has 0 aromatic heterocycles. The third-order valence-corrected chi connectivity index (χ3v) is 3.06. The van der Waals surface area contributed by atoms with E-state index in [2.05, 4.69) is 0 Å². The van der Waals surface area contributed by atoms with Gasteiger partial charge in [-0.1, -0.05) is 17.7 Å². The first-order valence-corrected chi connectivity index (χ1v) is 5.06. The van der Waals surface area contributed by atoms with Crippen LogP contribution in [0.1, 0.15) is 16.7 Å². The number of aryl methyl sites for hydroxylation is 3. The molecule has 0 spiro atoms. The lowest BCUT2D eigenvalue weighted by molar-refractivity contribution is -0.0359. The van der Waals surface area contributed by atoms with E-state index in [0.29, 0.717) is 16.4 Å².